The number of fused-ring (bicyclic) bond motifs is 1. The number of aromatic nitrogens is 2. The predicted octanol–water partition coefficient (Wildman–Crippen LogP) is 3.40. The van der Waals surface area contributed by atoms with E-state index in [1.807, 2.05) is 86.6 Å². The van der Waals surface area contributed by atoms with Crippen LogP contribution >= 0.6 is 0 Å². The van der Waals surface area contributed by atoms with Crippen LogP contribution in [0.5, 0.6) is 0 Å². The van der Waals surface area contributed by atoms with E-state index in [0.29, 0.717) is 12.1 Å². The minimum absolute atomic E-state index is 0.0214. The molecule has 0 radical (unpaired) electrons. The van der Waals surface area contributed by atoms with Crippen LogP contribution in [0.4, 0.5) is 4.79 Å². The van der Waals surface area contributed by atoms with Gasteiger partial charge in [0.05, 0.1) is 18.5 Å². The highest BCUT2D eigenvalue weighted by Gasteiger charge is 2.31. The molecular weight excluding hydrogens is 586 g/mol. The number of amides is 3. The van der Waals surface area contributed by atoms with Gasteiger partial charge in [-0.2, -0.15) is 0 Å². The zero-order valence-electron chi connectivity index (χ0n) is 26.2. The summed E-state index contributed by atoms with van der Waals surface area (Å²) in [6, 6.07) is 19.9. The number of ether oxygens (including phenoxy) is 1. The van der Waals surface area contributed by atoms with Crippen molar-refractivity contribution in [3.63, 3.8) is 0 Å². The van der Waals surface area contributed by atoms with Crippen molar-refractivity contribution in [3.05, 3.63) is 102 Å². The lowest BCUT2D eigenvalue weighted by Gasteiger charge is -2.28. The lowest BCUT2D eigenvalue weighted by Crippen LogP contribution is -2.57. The van der Waals surface area contributed by atoms with E-state index in [2.05, 4.69) is 25.9 Å². The summed E-state index contributed by atoms with van der Waals surface area (Å²) in [6.45, 7) is 3.72. The van der Waals surface area contributed by atoms with Gasteiger partial charge in [-0.15, -0.1) is 0 Å². The van der Waals surface area contributed by atoms with E-state index in [1.165, 1.54) is 6.33 Å². The van der Waals surface area contributed by atoms with Gasteiger partial charge in [-0.05, 0) is 40.7 Å². The van der Waals surface area contributed by atoms with Crippen LogP contribution in [-0.4, -0.2) is 68.9 Å². The predicted molar refractivity (Wildman–Crippen MR) is 175 cm³/mol. The summed E-state index contributed by atoms with van der Waals surface area (Å²) < 4.78 is 5.44. The first-order valence-corrected chi connectivity index (χ1v) is 15.5. The van der Waals surface area contributed by atoms with Gasteiger partial charge < -0.3 is 35.9 Å². The first-order chi connectivity index (χ1) is 22.2. The van der Waals surface area contributed by atoms with Crippen LogP contribution in [-0.2, 0) is 33.8 Å². The normalized spacial score (nSPS) is 13.8. The van der Waals surface area contributed by atoms with Crippen LogP contribution in [0.1, 0.15) is 43.5 Å². The van der Waals surface area contributed by atoms with Crippen molar-refractivity contribution in [3.8, 4) is 0 Å². The number of nitrogens with zero attached hydrogens (tertiary/aromatic N) is 1. The summed E-state index contributed by atoms with van der Waals surface area (Å²) >= 11 is 0. The largest absolute Gasteiger partial charge is 0.445 e. The second-order valence-electron chi connectivity index (χ2n) is 11.8. The molecule has 0 saturated carbocycles. The molecule has 11 nitrogen and oxygen atoms in total. The Morgan fingerprint density at radius 1 is 0.870 bits per heavy atom. The number of rotatable bonds is 16. The lowest BCUT2D eigenvalue weighted by atomic mass is 9.96. The highest BCUT2D eigenvalue weighted by Crippen LogP contribution is 2.20. The molecule has 1 aromatic heterocycles. The average molecular weight is 630 g/mol. The molecule has 46 heavy (non-hydrogen) atoms. The van der Waals surface area contributed by atoms with E-state index < -0.39 is 42.1 Å². The van der Waals surface area contributed by atoms with Gasteiger partial charge >= 0.3 is 6.09 Å². The number of aliphatic hydroxyl groups excluding tert-OH is 2. The van der Waals surface area contributed by atoms with Gasteiger partial charge in [-0.25, -0.2) is 9.78 Å². The Balaban J connectivity index is 1.57. The molecule has 3 aromatic carbocycles. The summed E-state index contributed by atoms with van der Waals surface area (Å²) in [6.07, 6.45) is 2.08. The van der Waals surface area contributed by atoms with Crippen molar-refractivity contribution < 1.29 is 29.3 Å². The summed E-state index contributed by atoms with van der Waals surface area (Å²) in [5.41, 5.74) is 2.24. The maximum absolute atomic E-state index is 14.0. The Kier molecular flexibility index (Phi) is 12.7. The molecular formula is C35H43N5O6. The fraction of sp³-hybridized carbons (Fsp3) is 0.371. The molecule has 0 bridgehead atoms. The van der Waals surface area contributed by atoms with Crippen molar-refractivity contribution in [2.45, 2.75) is 70.4 Å². The lowest BCUT2D eigenvalue weighted by molar-refractivity contribution is -0.131. The number of benzene rings is 3. The molecule has 1 heterocycles. The SMILES string of the molecule is CC(C)CC(NC(=O)[C@H](Cc1cnc[nH]1)NC(=O)[C@H](Cc1cccc2ccccc12)NC(=O)OCc1ccccc1)C(O)CCO. The highest BCUT2D eigenvalue weighted by atomic mass is 16.5. The number of alkyl carbamates (subject to hydrolysis) is 1. The summed E-state index contributed by atoms with van der Waals surface area (Å²) in [5, 5.41) is 30.4. The number of carbonyl (C=O) groups is 3. The van der Waals surface area contributed by atoms with Crippen molar-refractivity contribution in [1.29, 1.82) is 0 Å². The second kappa shape index (κ2) is 17.1. The molecule has 0 aliphatic rings. The van der Waals surface area contributed by atoms with E-state index in [4.69, 9.17) is 4.74 Å². The van der Waals surface area contributed by atoms with Gasteiger partial charge in [0.1, 0.15) is 18.7 Å². The van der Waals surface area contributed by atoms with E-state index in [9.17, 15) is 24.6 Å². The minimum Gasteiger partial charge on any atom is -0.445 e. The summed E-state index contributed by atoms with van der Waals surface area (Å²) in [5.74, 6) is -0.947. The first kappa shape index (κ1) is 34.1. The Hall–Kier alpha value is -4.74. The number of H-pyrrole nitrogens is 1. The summed E-state index contributed by atoms with van der Waals surface area (Å²) in [7, 11) is 0. The monoisotopic (exact) mass is 629 g/mol. The van der Waals surface area contributed by atoms with E-state index >= 15 is 0 Å². The highest BCUT2D eigenvalue weighted by molar-refractivity contribution is 5.93. The number of aliphatic hydroxyl groups is 2. The Labute approximate surface area is 268 Å². The molecule has 0 saturated heterocycles. The number of carbonyl (C=O) groups excluding carboxylic acids is 3. The van der Waals surface area contributed by atoms with Crippen molar-refractivity contribution >= 4 is 28.7 Å². The van der Waals surface area contributed by atoms with Gasteiger partial charge in [0.25, 0.3) is 0 Å². The van der Waals surface area contributed by atoms with Crippen LogP contribution in [0.15, 0.2) is 85.3 Å². The average Bonchev–Trinajstić information content (AvgIpc) is 3.56. The topological polar surface area (TPSA) is 166 Å². The minimum atomic E-state index is -1.09. The smallest absolute Gasteiger partial charge is 0.408 e. The van der Waals surface area contributed by atoms with Gasteiger partial charge in [0.2, 0.25) is 11.8 Å². The Morgan fingerprint density at radius 3 is 2.28 bits per heavy atom. The molecule has 244 valence electrons. The second-order valence-corrected chi connectivity index (χ2v) is 11.8. The van der Waals surface area contributed by atoms with Crippen LogP contribution < -0.4 is 16.0 Å². The van der Waals surface area contributed by atoms with Crippen molar-refractivity contribution in [2.24, 2.45) is 5.92 Å². The Morgan fingerprint density at radius 2 is 1.57 bits per heavy atom. The molecule has 0 fully saturated rings. The Bertz CT molecular complexity index is 1540. The summed E-state index contributed by atoms with van der Waals surface area (Å²) in [4.78, 5) is 47.6. The van der Waals surface area contributed by atoms with E-state index in [-0.39, 0.29) is 38.4 Å². The number of hydrogen-bond donors (Lipinski definition) is 6. The molecule has 2 unspecified atom stereocenters. The molecule has 0 spiro atoms. The zero-order valence-corrected chi connectivity index (χ0v) is 26.2. The molecule has 3 amide bonds. The molecule has 4 rings (SSSR count). The maximum Gasteiger partial charge on any atom is 0.408 e. The third-order valence-corrected chi connectivity index (χ3v) is 7.68. The number of hydrogen-bond acceptors (Lipinski definition) is 7. The third kappa shape index (κ3) is 10.1. The van der Waals surface area contributed by atoms with Crippen LogP contribution in [0.25, 0.3) is 10.8 Å². The first-order valence-electron chi connectivity index (χ1n) is 15.5. The number of nitrogens with one attached hydrogen (secondary N) is 4. The molecule has 6 N–H and O–H groups in total. The molecule has 4 atom stereocenters. The molecule has 11 heteroatoms. The number of imidazole rings is 1. The molecule has 0 aliphatic heterocycles. The van der Waals surface area contributed by atoms with Gasteiger partial charge in [-0.3, -0.25) is 9.59 Å². The quantitative estimate of drug-likeness (QED) is 0.111. The van der Waals surface area contributed by atoms with Gasteiger partial charge in [0.15, 0.2) is 0 Å². The third-order valence-electron chi connectivity index (χ3n) is 7.68. The standard InChI is InChI=1S/C35H43N5O6/c1-23(2)17-29(32(42)15-16-41)38-34(44)31(19-27-20-36-22-37-27)39-33(43)30(40-35(45)46-21-24-9-4-3-5-10-24)18-26-13-8-12-25-11-6-7-14-28(25)26/h3-14,20,22-23,29-32,41-42H,15-19,21H2,1-2H3,(H,36,37)(H,38,44)(H,39,43)(H,40,45)/t29?,30-,31-,32?/m0/s1. The zero-order chi connectivity index (χ0) is 32.9. The fourth-order valence-electron chi connectivity index (χ4n) is 5.34. The van der Waals surface area contributed by atoms with E-state index in [1.54, 1.807) is 6.20 Å². The number of aromatic amines is 1. The van der Waals surface area contributed by atoms with Crippen LogP contribution in [0, 0.1) is 5.92 Å². The van der Waals surface area contributed by atoms with Crippen LogP contribution in [0.2, 0.25) is 0 Å². The maximum atomic E-state index is 14.0. The van der Waals surface area contributed by atoms with E-state index in [0.717, 1.165) is 21.9 Å². The fourth-order valence-corrected chi connectivity index (χ4v) is 5.34. The van der Waals surface area contributed by atoms with Gasteiger partial charge in [0, 0.05) is 31.3 Å². The van der Waals surface area contributed by atoms with Crippen molar-refractivity contribution in [2.75, 3.05) is 6.61 Å². The van der Waals surface area contributed by atoms with Crippen LogP contribution in [0.3, 0.4) is 0 Å². The molecule has 0 aliphatic carbocycles. The molecule has 4 aromatic rings. The van der Waals surface area contributed by atoms with Gasteiger partial charge in [-0.1, -0.05) is 86.6 Å². The van der Waals surface area contributed by atoms with Crippen molar-refractivity contribution in [1.82, 2.24) is 25.9 Å².